The molecule has 2 nitrogen and oxygen atoms in total. The van der Waals surface area contributed by atoms with Gasteiger partial charge in [-0.25, -0.2) is 0 Å². The van der Waals surface area contributed by atoms with E-state index in [0.717, 1.165) is 24.3 Å². The molecule has 0 amide bonds. The Hall–Kier alpha value is -3.60. The molecule has 0 bridgehead atoms. The standard InChI is InChI=1S/2C16H14OS/c2*1-17-15-8-4-2-6-12(15)10-14-11-13-7-3-5-9-16(13)18-14/h2*2-9,11H,10H2,1H3. The predicted octanol–water partition coefficient (Wildman–Crippen LogP) is 9.00. The van der Waals surface area contributed by atoms with Crippen LogP contribution in [0.4, 0.5) is 0 Å². The Morgan fingerprint density at radius 3 is 1.31 bits per heavy atom. The van der Waals surface area contributed by atoms with Crippen LogP contribution >= 0.6 is 22.7 Å². The second-order valence-electron chi connectivity index (χ2n) is 8.48. The summed E-state index contributed by atoms with van der Waals surface area (Å²) in [5.74, 6) is 1.94. The van der Waals surface area contributed by atoms with Gasteiger partial charge in [-0.3, -0.25) is 0 Å². The Morgan fingerprint density at radius 1 is 0.500 bits per heavy atom. The van der Waals surface area contributed by atoms with Gasteiger partial charge in [-0.15, -0.1) is 22.7 Å². The van der Waals surface area contributed by atoms with Crippen LogP contribution in [-0.2, 0) is 12.8 Å². The van der Waals surface area contributed by atoms with Crippen molar-refractivity contribution in [1.29, 1.82) is 0 Å². The molecule has 0 aliphatic heterocycles. The third kappa shape index (κ3) is 5.62. The first-order valence-electron chi connectivity index (χ1n) is 11.9. The van der Waals surface area contributed by atoms with E-state index in [1.165, 1.54) is 41.1 Å². The van der Waals surface area contributed by atoms with E-state index in [1.54, 1.807) is 14.2 Å². The Bertz CT molecular complexity index is 1390. The van der Waals surface area contributed by atoms with Crippen LogP contribution in [0.5, 0.6) is 11.5 Å². The molecule has 0 aliphatic rings. The fourth-order valence-electron chi connectivity index (χ4n) is 4.32. The van der Waals surface area contributed by atoms with Crippen molar-refractivity contribution < 1.29 is 9.47 Å². The van der Waals surface area contributed by atoms with E-state index in [2.05, 4.69) is 84.9 Å². The summed E-state index contributed by atoms with van der Waals surface area (Å²) >= 11 is 3.71. The molecule has 6 rings (SSSR count). The van der Waals surface area contributed by atoms with Gasteiger partial charge in [0.2, 0.25) is 0 Å². The molecule has 0 atom stereocenters. The SMILES string of the molecule is COc1ccccc1Cc1cc2ccccc2s1.COc1ccccc1Cc1cc2ccccc2s1. The fourth-order valence-corrected chi connectivity index (χ4v) is 6.50. The zero-order chi connectivity index (χ0) is 24.7. The highest BCUT2D eigenvalue weighted by molar-refractivity contribution is 7.19. The lowest BCUT2D eigenvalue weighted by molar-refractivity contribution is 0.410. The minimum absolute atomic E-state index is 0.934. The van der Waals surface area contributed by atoms with Crippen LogP contribution < -0.4 is 9.47 Å². The van der Waals surface area contributed by atoms with Crippen molar-refractivity contribution in [2.24, 2.45) is 0 Å². The van der Waals surface area contributed by atoms with Gasteiger partial charge >= 0.3 is 0 Å². The van der Waals surface area contributed by atoms with Crippen LogP contribution in [0.15, 0.2) is 109 Å². The number of hydrogen-bond acceptors (Lipinski definition) is 4. The van der Waals surface area contributed by atoms with Crippen molar-refractivity contribution in [2.75, 3.05) is 14.2 Å². The summed E-state index contributed by atoms with van der Waals surface area (Å²) in [5, 5.41) is 2.65. The molecule has 2 aromatic heterocycles. The van der Waals surface area contributed by atoms with E-state index in [9.17, 15) is 0 Å². The summed E-state index contributed by atoms with van der Waals surface area (Å²) in [6, 6.07) is 38.0. The number of fused-ring (bicyclic) bond motifs is 2. The smallest absolute Gasteiger partial charge is 0.122 e. The van der Waals surface area contributed by atoms with Gasteiger partial charge in [0.05, 0.1) is 14.2 Å². The lowest BCUT2D eigenvalue weighted by Crippen LogP contribution is -1.91. The van der Waals surface area contributed by atoms with Gasteiger partial charge in [0.15, 0.2) is 0 Å². The fraction of sp³-hybridized carbons (Fsp3) is 0.125. The number of para-hydroxylation sites is 2. The maximum atomic E-state index is 5.40. The van der Waals surface area contributed by atoms with Crippen molar-refractivity contribution in [2.45, 2.75) is 12.8 Å². The lowest BCUT2D eigenvalue weighted by Gasteiger charge is -2.06. The van der Waals surface area contributed by atoms with Crippen LogP contribution in [0.25, 0.3) is 20.2 Å². The Kier molecular flexibility index (Phi) is 7.65. The number of methoxy groups -OCH3 is 2. The number of thiophene rings is 2. The summed E-state index contributed by atoms with van der Waals surface area (Å²) in [4.78, 5) is 2.75. The molecule has 36 heavy (non-hydrogen) atoms. The highest BCUT2D eigenvalue weighted by Crippen LogP contribution is 2.30. The molecule has 4 aromatic carbocycles. The molecule has 180 valence electrons. The summed E-state index contributed by atoms with van der Waals surface area (Å²) < 4.78 is 13.5. The molecular formula is C32H28O2S2. The van der Waals surface area contributed by atoms with Gasteiger partial charge in [0.25, 0.3) is 0 Å². The predicted molar refractivity (Wildman–Crippen MR) is 155 cm³/mol. The van der Waals surface area contributed by atoms with Gasteiger partial charge in [-0.2, -0.15) is 0 Å². The molecule has 0 saturated heterocycles. The van der Waals surface area contributed by atoms with Crippen LogP contribution in [0.2, 0.25) is 0 Å². The van der Waals surface area contributed by atoms with Gasteiger partial charge in [0, 0.05) is 32.0 Å². The molecule has 0 unspecified atom stereocenters. The minimum Gasteiger partial charge on any atom is -0.496 e. The molecule has 0 radical (unpaired) electrons. The molecule has 2 heterocycles. The molecule has 0 saturated carbocycles. The van der Waals surface area contributed by atoms with E-state index in [1.807, 2.05) is 46.9 Å². The average molecular weight is 509 g/mol. The van der Waals surface area contributed by atoms with E-state index in [4.69, 9.17) is 9.47 Å². The molecule has 0 fully saturated rings. The van der Waals surface area contributed by atoms with Crippen LogP contribution in [0.1, 0.15) is 20.9 Å². The van der Waals surface area contributed by atoms with Crippen LogP contribution in [-0.4, -0.2) is 14.2 Å². The third-order valence-corrected chi connectivity index (χ3v) is 8.30. The van der Waals surface area contributed by atoms with Gasteiger partial charge < -0.3 is 9.47 Å². The zero-order valence-corrected chi connectivity index (χ0v) is 22.1. The normalized spacial score (nSPS) is 10.7. The van der Waals surface area contributed by atoms with Gasteiger partial charge in [-0.1, -0.05) is 72.8 Å². The van der Waals surface area contributed by atoms with Crippen molar-refractivity contribution in [1.82, 2.24) is 0 Å². The number of ether oxygens (including phenoxy) is 2. The first-order valence-corrected chi connectivity index (χ1v) is 13.6. The maximum Gasteiger partial charge on any atom is 0.122 e. The van der Waals surface area contributed by atoms with Crippen molar-refractivity contribution >= 4 is 42.8 Å². The summed E-state index contributed by atoms with van der Waals surface area (Å²) in [7, 11) is 3.45. The molecule has 6 aromatic rings. The monoisotopic (exact) mass is 508 g/mol. The van der Waals surface area contributed by atoms with Gasteiger partial charge in [0.1, 0.15) is 11.5 Å². The summed E-state index contributed by atoms with van der Waals surface area (Å²) in [6.45, 7) is 0. The first kappa shape index (κ1) is 24.1. The highest BCUT2D eigenvalue weighted by Gasteiger charge is 2.07. The van der Waals surface area contributed by atoms with Gasteiger partial charge in [-0.05, 0) is 58.3 Å². The first-order chi connectivity index (χ1) is 17.7. The Labute approximate surface area is 220 Å². The summed E-state index contributed by atoms with van der Waals surface area (Å²) in [5.41, 5.74) is 2.48. The lowest BCUT2D eigenvalue weighted by atomic mass is 10.1. The molecule has 4 heteroatoms. The highest BCUT2D eigenvalue weighted by atomic mass is 32.1. The largest absolute Gasteiger partial charge is 0.496 e. The maximum absolute atomic E-state index is 5.40. The van der Waals surface area contributed by atoms with E-state index in [-0.39, 0.29) is 0 Å². The molecule has 0 spiro atoms. The van der Waals surface area contributed by atoms with Crippen LogP contribution in [0.3, 0.4) is 0 Å². The van der Waals surface area contributed by atoms with Crippen molar-refractivity contribution in [3.05, 3.63) is 130 Å². The topological polar surface area (TPSA) is 18.5 Å². The second kappa shape index (κ2) is 11.4. The van der Waals surface area contributed by atoms with E-state index < -0.39 is 0 Å². The van der Waals surface area contributed by atoms with Crippen LogP contribution in [0, 0.1) is 0 Å². The minimum atomic E-state index is 0.934. The Balaban J connectivity index is 0.000000148. The molecule has 0 N–H and O–H groups in total. The average Bonchev–Trinajstić information content (AvgIpc) is 3.52. The molecular weight excluding hydrogens is 480 g/mol. The number of hydrogen-bond donors (Lipinski definition) is 0. The third-order valence-electron chi connectivity index (χ3n) is 6.07. The van der Waals surface area contributed by atoms with Crippen molar-refractivity contribution in [3.8, 4) is 11.5 Å². The number of benzene rings is 4. The summed E-state index contributed by atoms with van der Waals surface area (Å²) in [6.07, 6.45) is 1.87. The molecule has 0 aliphatic carbocycles. The quantitative estimate of drug-likeness (QED) is 0.223. The van der Waals surface area contributed by atoms with Crippen molar-refractivity contribution in [3.63, 3.8) is 0 Å². The number of rotatable bonds is 6. The van der Waals surface area contributed by atoms with E-state index in [0.29, 0.717) is 0 Å². The van der Waals surface area contributed by atoms with E-state index >= 15 is 0 Å². The second-order valence-corrected chi connectivity index (χ2v) is 10.8. The Morgan fingerprint density at radius 2 is 0.889 bits per heavy atom. The zero-order valence-electron chi connectivity index (χ0n) is 20.4.